The van der Waals surface area contributed by atoms with Gasteiger partial charge in [-0.2, -0.15) is 0 Å². The molecule has 2 aromatic rings. The van der Waals surface area contributed by atoms with Gasteiger partial charge in [0.05, 0.1) is 11.8 Å². The van der Waals surface area contributed by atoms with E-state index in [1.807, 2.05) is 6.07 Å². The highest BCUT2D eigenvalue weighted by molar-refractivity contribution is 6.30. The Kier molecular flexibility index (Phi) is 4.10. The van der Waals surface area contributed by atoms with E-state index in [4.69, 9.17) is 16.4 Å². The third-order valence-corrected chi connectivity index (χ3v) is 2.47. The molecular weight excluding hydrogens is 250 g/mol. The van der Waals surface area contributed by atoms with Crippen LogP contribution < -0.4 is 0 Å². The van der Waals surface area contributed by atoms with Crippen LogP contribution in [0, 0.1) is 0 Å². The first-order chi connectivity index (χ1) is 8.75. The average Bonchev–Trinajstić information content (AvgIpc) is 2.42. The molecule has 3 nitrogen and oxygen atoms in total. The van der Waals surface area contributed by atoms with Crippen molar-refractivity contribution in [3.05, 3.63) is 70.7 Å². The number of halogens is 1. The van der Waals surface area contributed by atoms with E-state index < -0.39 is 5.97 Å². The Morgan fingerprint density at radius 1 is 1.06 bits per heavy atom. The van der Waals surface area contributed by atoms with Gasteiger partial charge in [-0.05, 0) is 29.8 Å². The minimum atomic E-state index is -0.485. The van der Waals surface area contributed by atoms with Crippen molar-refractivity contribution >= 4 is 23.8 Å². The van der Waals surface area contributed by atoms with Crippen molar-refractivity contribution in [2.45, 2.75) is 0 Å². The predicted molar refractivity (Wildman–Crippen MR) is 70.9 cm³/mol. The summed E-state index contributed by atoms with van der Waals surface area (Å²) >= 11 is 5.75. The molecule has 0 saturated carbocycles. The maximum Gasteiger partial charge on any atom is 0.365 e. The van der Waals surface area contributed by atoms with Gasteiger partial charge in [0, 0.05) is 5.02 Å². The normalized spacial score (nSPS) is 10.5. The Morgan fingerprint density at radius 3 is 2.39 bits per heavy atom. The molecule has 0 bridgehead atoms. The van der Waals surface area contributed by atoms with Crippen LogP contribution in [0.3, 0.4) is 0 Å². The number of oxime groups is 1. The van der Waals surface area contributed by atoms with Gasteiger partial charge in [0.1, 0.15) is 0 Å². The molecule has 0 atom stereocenters. The van der Waals surface area contributed by atoms with Crippen LogP contribution in [0.4, 0.5) is 0 Å². The van der Waals surface area contributed by atoms with Gasteiger partial charge in [0.15, 0.2) is 0 Å². The Balaban J connectivity index is 1.96. The van der Waals surface area contributed by atoms with E-state index >= 15 is 0 Å². The maximum atomic E-state index is 11.5. The second-order valence-corrected chi connectivity index (χ2v) is 3.97. The van der Waals surface area contributed by atoms with Crippen molar-refractivity contribution in [3.8, 4) is 0 Å². The summed E-state index contributed by atoms with van der Waals surface area (Å²) in [5.74, 6) is -0.485. The molecule has 0 N–H and O–H groups in total. The quantitative estimate of drug-likeness (QED) is 0.480. The topological polar surface area (TPSA) is 38.7 Å². The summed E-state index contributed by atoms with van der Waals surface area (Å²) in [6.07, 6.45) is 1.46. The van der Waals surface area contributed by atoms with E-state index in [2.05, 4.69) is 5.16 Å². The van der Waals surface area contributed by atoms with E-state index in [9.17, 15) is 4.79 Å². The monoisotopic (exact) mass is 259 g/mol. The molecule has 0 fully saturated rings. The molecule has 2 rings (SSSR count). The van der Waals surface area contributed by atoms with Gasteiger partial charge in [-0.1, -0.05) is 47.1 Å². The van der Waals surface area contributed by atoms with Gasteiger partial charge in [-0.15, -0.1) is 0 Å². The Labute approximate surface area is 110 Å². The van der Waals surface area contributed by atoms with Crippen molar-refractivity contribution in [1.29, 1.82) is 0 Å². The molecule has 90 valence electrons. The molecule has 0 amide bonds. The summed E-state index contributed by atoms with van der Waals surface area (Å²) in [5.41, 5.74) is 1.27. The minimum absolute atomic E-state index is 0.464. The number of hydrogen-bond acceptors (Lipinski definition) is 3. The molecule has 0 aromatic heterocycles. The molecule has 0 aliphatic rings. The summed E-state index contributed by atoms with van der Waals surface area (Å²) in [6, 6.07) is 15.7. The van der Waals surface area contributed by atoms with E-state index in [1.165, 1.54) is 6.21 Å². The Hall–Kier alpha value is -2.13. The largest absolute Gasteiger partial charge is 0.365 e. The smallest absolute Gasteiger partial charge is 0.313 e. The number of carbonyl (C=O) groups is 1. The van der Waals surface area contributed by atoms with E-state index in [1.54, 1.807) is 48.5 Å². The highest BCUT2D eigenvalue weighted by Crippen LogP contribution is 2.08. The van der Waals surface area contributed by atoms with Crippen LogP contribution in [0.25, 0.3) is 0 Å². The molecular formula is C14H10ClNO2. The highest BCUT2D eigenvalue weighted by atomic mass is 35.5. The van der Waals surface area contributed by atoms with Gasteiger partial charge in [-0.3, -0.25) is 0 Å². The van der Waals surface area contributed by atoms with Crippen LogP contribution in [0.5, 0.6) is 0 Å². The van der Waals surface area contributed by atoms with Gasteiger partial charge in [0.25, 0.3) is 0 Å². The van der Waals surface area contributed by atoms with Gasteiger partial charge >= 0.3 is 5.97 Å². The molecule has 0 aliphatic heterocycles. The Morgan fingerprint density at radius 2 is 1.72 bits per heavy atom. The molecule has 18 heavy (non-hydrogen) atoms. The van der Waals surface area contributed by atoms with Crippen LogP contribution in [0.15, 0.2) is 59.8 Å². The third kappa shape index (κ3) is 3.43. The summed E-state index contributed by atoms with van der Waals surface area (Å²) < 4.78 is 0. The van der Waals surface area contributed by atoms with Crippen molar-refractivity contribution < 1.29 is 9.63 Å². The molecule has 0 saturated heterocycles. The number of nitrogens with zero attached hydrogens (tertiary/aromatic N) is 1. The SMILES string of the molecule is O=C(O/N=C/c1ccc(Cl)cc1)c1ccccc1. The second kappa shape index (κ2) is 5.98. The molecule has 0 heterocycles. The molecule has 2 aromatic carbocycles. The first-order valence-corrected chi connectivity index (χ1v) is 5.69. The third-order valence-electron chi connectivity index (χ3n) is 2.22. The van der Waals surface area contributed by atoms with E-state index in [0.29, 0.717) is 10.6 Å². The van der Waals surface area contributed by atoms with Crippen molar-refractivity contribution in [2.24, 2.45) is 5.16 Å². The van der Waals surface area contributed by atoms with Crippen molar-refractivity contribution in [2.75, 3.05) is 0 Å². The predicted octanol–water partition coefficient (Wildman–Crippen LogP) is 3.53. The average molecular weight is 260 g/mol. The van der Waals surface area contributed by atoms with Crippen LogP contribution in [0.1, 0.15) is 15.9 Å². The lowest BCUT2D eigenvalue weighted by Gasteiger charge is -1.97. The zero-order valence-corrected chi connectivity index (χ0v) is 10.2. The van der Waals surface area contributed by atoms with Crippen molar-refractivity contribution in [1.82, 2.24) is 0 Å². The number of benzene rings is 2. The fraction of sp³-hybridized carbons (Fsp3) is 0. The van der Waals surface area contributed by atoms with Crippen LogP contribution >= 0.6 is 11.6 Å². The van der Waals surface area contributed by atoms with Gasteiger partial charge < -0.3 is 4.84 Å². The summed E-state index contributed by atoms with van der Waals surface area (Å²) in [6.45, 7) is 0. The maximum absolute atomic E-state index is 11.5. The second-order valence-electron chi connectivity index (χ2n) is 3.53. The first kappa shape index (κ1) is 12.3. The standard InChI is InChI=1S/C14H10ClNO2/c15-13-8-6-11(7-9-13)10-16-18-14(17)12-4-2-1-3-5-12/h1-10H/b16-10+. The van der Waals surface area contributed by atoms with Crippen molar-refractivity contribution in [3.63, 3.8) is 0 Å². The number of rotatable bonds is 3. The minimum Gasteiger partial charge on any atom is -0.313 e. The van der Waals surface area contributed by atoms with Gasteiger partial charge in [-0.25, -0.2) is 4.79 Å². The molecule has 0 aliphatic carbocycles. The van der Waals surface area contributed by atoms with E-state index in [-0.39, 0.29) is 0 Å². The lowest BCUT2D eigenvalue weighted by molar-refractivity contribution is 0.0519. The zero-order valence-electron chi connectivity index (χ0n) is 9.42. The zero-order chi connectivity index (χ0) is 12.8. The summed E-state index contributed by atoms with van der Waals surface area (Å²) in [4.78, 5) is 16.3. The lowest BCUT2D eigenvalue weighted by Crippen LogP contribution is -2.00. The molecule has 0 radical (unpaired) electrons. The van der Waals surface area contributed by atoms with Crippen LogP contribution in [0.2, 0.25) is 5.02 Å². The fourth-order valence-corrected chi connectivity index (χ4v) is 1.44. The summed E-state index contributed by atoms with van der Waals surface area (Å²) in [7, 11) is 0. The number of hydrogen-bond donors (Lipinski definition) is 0. The van der Waals surface area contributed by atoms with Crippen LogP contribution in [-0.2, 0) is 4.84 Å². The molecule has 0 spiro atoms. The van der Waals surface area contributed by atoms with Gasteiger partial charge in [0.2, 0.25) is 0 Å². The summed E-state index contributed by atoms with van der Waals surface area (Å²) in [5, 5.41) is 4.28. The number of carbonyl (C=O) groups excluding carboxylic acids is 1. The van der Waals surface area contributed by atoms with Crippen LogP contribution in [-0.4, -0.2) is 12.2 Å². The highest BCUT2D eigenvalue weighted by Gasteiger charge is 2.04. The van der Waals surface area contributed by atoms with E-state index in [0.717, 1.165) is 5.56 Å². The first-order valence-electron chi connectivity index (χ1n) is 5.31. The fourth-order valence-electron chi connectivity index (χ4n) is 1.31. The molecule has 0 unspecified atom stereocenters. The molecule has 4 heteroatoms. The lowest BCUT2D eigenvalue weighted by atomic mass is 10.2. The Bertz CT molecular complexity index is 550.